The van der Waals surface area contributed by atoms with Gasteiger partial charge in [0.1, 0.15) is 6.61 Å². The van der Waals surface area contributed by atoms with Crippen LogP contribution in [0.15, 0.2) is 48.9 Å². The van der Waals surface area contributed by atoms with Gasteiger partial charge in [-0.05, 0) is 30.2 Å². The molecule has 1 aromatic carbocycles. The standard InChI is InChI=1S/C19H20N4O2/c1-24-17-6-2-4-13-8-16(12-25-19(13)17)21-10-15-11-22-23-18(15)14-5-3-7-20-9-14/h2-7,9,11,16,21H,8,10,12H2,1H3,(H,22,23)/t16-/m1/s1. The summed E-state index contributed by atoms with van der Waals surface area (Å²) in [4.78, 5) is 4.17. The molecule has 0 unspecified atom stereocenters. The summed E-state index contributed by atoms with van der Waals surface area (Å²) < 4.78 is 11.3. The van der Waals surface area contributed by atoms with Crippen LogP contribution in [0.3, 0.4) is 0 Å². The molecular weight excluding hydrogens is 316 g/mol. The van der Waals surface area contributed by atoms with Crippen LogP contribution in [0, 0.1) is 0 Å². The van der Waals surface area contributed by atoms with Crippen molar-refractivity contribution in [2.24, 2.45) is 0 Å². The Labute approximate surface area is 146 Å². The molecule has 0 spiro atoms. The molecule has 1 aliphatic rings. The van der Waals surface area contributed by atoms with Crippen LogP contribution in [-0.4, -0.2) is 34.9 Å². The maximum Gasteiger partial charge on any atom is 0.164 e. The van der Waals surface area contributed by atoms with Gasteiger partial charge >= 0.3 is 0 Å². The molecule has 3 aromatic rings. The molecule has 6 heteroatoms. The predicted octanol–water partition coefficient (Wildman–Crippen LogP) is 2.57. The highest BCUT2D eigenvalue weighted by atomic mass is 16.5. The Bertz CT molecular complexity index is 848. The van der Waals surface area contributed by atoms with E-state index >= 15 is 0 Å². The number of benzene rings is 1. The van der Waals surface area contributed by atoms with Crippen LogP contribution in [0.2, 0.25) is 0 Å². The summed E-state index contributed by atoms with van der Waals surface area (Å²) in [5.74, 6) is 1.66. The van der Waals surface area contributed by atoms with Gasteiger partial charge in [-0.3, -0.25) is 10.1 Å². The summed E-state index contributed by atoms with van der Waals surface area (Å²) in [7, 11) is 1.67. The molecule has 0 amide bonds. The first kappa shape index (κ1) is 15.7. The van der Waals surface area contributed by atoms with Gasteiger partial charge in [0, 0.05) is 36.1 Å². The number of hydrogen-bond donors (Lipinski definition) is 2. The highest BCUT2D eigenvalue weighted by Gasteiger charge is 2.22. The smallest absolute Gasteiger partial charge is 0.164 e. The predicted molar refractivity (Wildman–Crippen MR) is 94.6 cm³/mol. The van der Waals surface area contributed by atoms with Crippen LogP contribution in [0.5, 0.6) is 11.5 Å². The second-order valence-electron chi connectivity index (χ2n) is 6.05. The number of H-pyrrole nitrogens is 1. The lowest BCUT2D eigenvalue weighted by Gasteiger charge is -2.27. The van der Waals surface area contributed by atoms with Gasteiger partial charge in [0.05, 0.1) is 19.0 Å². The molecule has 1 atom stereocenters. The van der Waals surface area contributed by atoms with E-state index in [0.717, 1.165) is 34.7 Å². The molecule has 0 radical (unpaired) electrons. The number of rotatable bonds is 5. The lowest BCUT2D eigenvalue weighted by atomic mass is 10.0. The van der Waals surface area contributed by atoms with Gasteiger partial charge in [-0.15, -0.1) is 0 Å². The fourth-order valence-electron chi connectivity index (χ4n) is 3.15. The molecule has 25 heavy (non-hydrogen) atoms. The second-order valence-corrected chi connectivity index (χ2v) is 6.05. The number of fused-ring (bicyclic) bond motifs is 1. The molecular formula is C19H20N4O2. The maximum absolute atomic E-state index is 5.92. The SMILES string of the molecule is COc1cccc2c1OC[C@H](NCc1cn[nH]c1-c1cccnc1)C2. The first-order chi connectivity index (χ1) is 12.3. The first-order valence-electron chi connectivity index (χ1n) is 8.30. The van der Waals surface area contributed by atoms with Crippen molar-refractivity contribution in [3.63, 3.8) is 0 Å². The number of nitrogens with one attached hydrogen (secondary N) is 2. The molecule has 0 aliphatic carbocycles. The first-order valence-corrected chi connectivity index (χ1v) is 8.30. The number of nitrogens with zero attached hydrogens (tertiary/aromatic N) is 2. The lowest BCUT2D eigenvalue weighted by molar-refractivity contribution is 0.227. The molecule has 0 saturated carbocycles. The third-order valence-corrected chi connectivity index (χ3v) is 4.42. The number of hydrogen-bond acceptors (Lipinski definition) is 5. The largest absolute Gasteiger partial charge is 0.493 e. The minimum atomic E-state index is 0.247. The van der Waals surface area contributed by atoms with E-state index in [9.17, 15) is 0 Å². The monoisotopic (exact) mass is 336 g/mol. The third-order valence-electron chi connectivity index (χ3n) is 4.42. The average molecular weight is 336 g/mol. The van der Waals surface area contributed by atoms with Crippen molar-refractivity contribution in [1.82, 2.24) is 20.5 Å². The van der Waals surface area contributed by atoms with Crippen LogP contribution >= 0.6 is 0 Å². The maximum atomic E-state index is 5.92. The number of ether oxygens (including phenoxy) is 2. The van der Waals surface area contributed by atoms with Crippen LogP contribution in [-0.2, 0) is 13.0 Å². The number of para-hydroxylation sites is 1. The Morgan fingerprint density at radius 3 is 3.08 bits per heavy atom. The van der Waals surface area contributed by atoms with E-state index in [4.69, 9.17) is 9.47 Å². The molecule has 2 aromatic heterocycles. The minimum absolute atomic E-state index is 0.247. The van der Waals surface area contributed by atoms with Crippen molar-refractivity contribution < 1.29 is 9.47 Å². The summed E-state index contributed by atoms with van der Waals surface area (Å²) in [5.41, 5.74) is 4.32. The van der Waals surface area contributed by atoms with E-state index < -0.39 is 0 Å². The van der Waals surface area contributed by atoms with Crippen LogP contribution < -0.4 is 14.8 Å². The summed E-state index contributed by atoms with van der Waals surface area (Å²) in [6.07, 6.45) is 6.37. The highest BCUT2D eigenvalue weighted by molar-refractivity contribution is 5.61. The average Bonchev–Trinajstić information content (AvgIpc) is 3.15. The zero-order valence-corrected chi connectivity index (χ0v) is 14.0. The lowest BCUT2D eigenvalue weighted by Crippen LogP contribution is -2.39. The van der Waals surface area contributed by atoms with Crippen LogP contribution in [0.1, 0.15) is 11.1 Å². The fourth-order valence-corrected chi connectivity index (χ4v) is 3.15. The van der Waals surface area contributed by atoms with Gasteiger partial charge in [0.15, 0.2) is 11.5 Å². The normalized spacial score (nSPS) is 16.1. The minimum Gasteiger partial charge on any atom is -0.493 e. The molecule has 0 fully saturated rings. The van der Waals surface area contributed by atoms with Gasteiger partial charge in [-0.2, -0.15) is 5.10 Å². The van der Waals surface area contributed by atoms with Crippen molar-refractivity contribution in [3.8, 4) is 22.8 Å². The summed E-state index contributed by atoms with van der Waals surface area (Å²) in [6, 6.07) is 10.2. The molecule has 2 N–H and O–H groups in total. The summed E-state index contributed by atoms with van der Waals surface area (Å²) in [6.45, 7) is 1.33. The van der Waals surface area contributed by atoms with Crippen molar-refractivity contribution >= 4 is 0 Å². The summed E-state index contributed by atoms with van der Waals surface area (Å²) >= 11 is 0. The topological polar surface area (TPSA) is 72.1 Å². The quantitative estimate of drug-likeness (QED) is 0.749. The zero-order valence-electron chi connectivity index (χ0n) is 14.0. The fraction of sp³-hybridized carbons (Fsp3) is 0.263. The molecule has 4 rings (SSSR count). The molecule has 6 nitrogen and oxygen atoms in total. The van der Waals surface area contributed by atoms with Crippen molar-refractivity contribution in [1.29, 1.82) is 0 Å². The van der Waals surface area contributed by atoms with Crippen molar-refractivity contribution in [2.75, 3.05) is 13.7 Å². The Morgan fingerprint density at radius 2 is 2.24 bits per heavy atom. The second kappa shape index (κ2) is 6.94. The summed E-state index contributed by atoms with van der Waals surface area (Å²) in [5, 5.41) is 10.8. The molecule has 0 saturated heterocycles. The van der Waals surface area contributed by atoms with Gasteiger partial charge in [0.25, 0.3) is 0 Å². The van der Waals surface area contributed by atoms with E-state index in [1.807, 2.05) is 36.7 Å². The Hall–Kier alpha value is -2.86. The Kier molecular flexibility index (Phi) is 4.35. The van der Waals surface area contributed by atoms with Crippen LogP contribution in [0.25, 0.3) is 11.3 Å². The van der Waals surface area contributed by atoms with E-state index in [0.29, 0.717) is 13.2 Å². The molecule has 0 bridgehead atoms. The highest BCUT2D eigenvalue weighted by Crippen LogP contribution is 2.34. The Balaban J connectivity index is 1.44. The molecule has 1 aliphatic heterocycles. The Morgan fingerprint density at radius 1 is 1.28 bits per heavy atom. The van der Waals surface area contributed by atoms with Gasteiger partial charge < -0.3 is 14.8 Å². The van der Waals surface area contributed by atoms with E-state index in [1.165, 1.54) is 5.56 Å². The number of methoxy groups -OCH3 is 1. The molecule has 3 heterocycles. The van der Waals surface area contributed by atoms with Crippen molar-refractivity contribution in [2.45, 2.75) is 19.0 Å². The third kappa shape index (κ3) is 3.21. The zero-order chi connectivity index (χ0) is 17.1. The van der Waals surface area contributed by atoms with Gasteiger partial charge in [-0.1, -0.05) is 12.1 Å². The van der Waals surface area contributed by atoms with Crippen molar-refractivity contribution in [3.05, 3.63) is 60.0 Å². The number of pyridine rings is 1. The number of aromatic nitrogens is 3. The van der Waals surface area contributed by atoms with Gasteiger partial charge in [-0.25, -0.2) is 0 Å². The van der Waals surface area contributed by atoms with E-state index in [1.54, 1.807) is 13.3 Å². The van der Waals surface area contributed by atoms with Crippen LogP contribution in [0.4, 0.5) is 0 Å². The molecule has 128 valence electrons. The van der Waals surface area contributed by atoms with E-state index in [-0.39, 0.29) is 6.04 Å². The van der Waals surface area contributed by atoms with Gasteiger partial charge in [0.2, 0.25) is 0 Å². The van der Waals surface area contributed by atoms with E-state index in [2.05, 4.69) is 26.6 Å². The number of aromatic amines is 1.